The third kappa shape index (κ3) is 9.72. The highest BCUT2D eigenvalue weighted by molar-refractivity contribution is 6.42. The molecular weight excluding hydrogens is 638 g/mol. The summed E-state index contributed by atoms with van der Waals surface area (Å²) in [5.41, 5.74) is -0.0167. The van der Waals surface area contributed by atoms with Crippen molar-refractivity contribution in [2.45, 2.75) is 31.7 Å². The van der Waals surface area contributed by atoms with Crippen LogP contribution in [-0.2, 0) is 31.9 Å². The number of primary amides is 1. The first kappa shape index (κ1) is 33.8. The summed E-state index contributed by atoms with van der Waals surface area (Å²) in [6.07, 6.45) is -1.75. The zero-order valence-corrected chi connectivity index (χ0v) is 25.1. The van der Waals surface area contributed by atoms with Gasteiger partial charge in [-0.25, -0.2) is 19.6 Å². The number of piperidine rings is 1. The van der Waals surface area contributed by atoms with E-state index >= 15 is 0 Å². The van der Waals surface area contributed by atoms with E-state index in [-0.39, 0.29) is 60.8 Å². The normalized spacial score (nSPS) is 15.0. The van der Waals surface area contributed by atoms with Crippen LogP contribution in [0.5, 0.6) is 0 Å². The largest absolute Gasteiger partial charge is 0.477 e. The van der Waals surface area contributed by atoms with Gasteiger partial charge in [-0.15, -0.1) is 0 Å². The first-order valence-electron chi connectivity index (χ1n) is 13.8. The summed E-state index contributed by atoms with van der Waals surface area (Å²) in [5.74, 6) is -3.26. The highest BCUT2D eigenvalue weighted by Crippen LogP contribution is 2.29. The van der Waals surface area contributed by atoms with Crippen molar-refractivity contribution in [3.05, 3.63) is 93.4 Å². The molecule has 3 aromatic rings. The number of nitrogens with one attached hydrogen (secondary N) is 1. The molecule has 1 fully saturated rings. The molecule has 0 aliphatic carbocycles. The Morgan fingerprint density at radius 1 is 1.09 bits per heavy atom. The zero-order chi connectivity index (χ0) is 32.6. The van der Waals surface area contributed by atoms with Crippen molar-refractivity contribution in [2.24, 2.45) is 5.92 Å². The number of nitrogens with zero attached hydrogens (tertiary/aromatic N) is 3. The Kier molecular flexibility index (Phi) is 11.5. The maximum Gasteiger partial charge on any atom is 0.433 e. The van der Waals surface area contributed by atoms with Gasteiger partial charge in [-0.1, -0.05) is 59.6 Å². The summed E-state index contributed by atoms with van der Waals surface area (Å²) in [5, 5.41) is 13.8. The molecule has 2 aromatic carbocycles. The average Bonchev–Trinajstić information content (AvgIpc) is 3.02. The lowest BCUT2D eigenvalue weighted by atomic mass is 9.96. The fraction of sp³-hybridized carbons (Fsp3) is 0.300. The molecule has 2 amide bonds. The number of carbonyl (C=O) groups excluding carboxylic acids is 2. The van der Waals surface area contributed by atoms with Gasteiger partial charge in [0.1, 0.15) is 18.0 Å². The van der Waals surface area contributed by atoms with Crippen LogP contribution in [-0.4, -0.2) is 58.6 Å². The summed E-state index contributed by atoms with van der Waals surface area (Å²) < 4.78 is 44.8. The Balaban J connectivity index is 1.45. The number of carboxylic acids is 1. The molecule has 1 unspecified atom stereocenters. The molecule has 4 N–H and O–H groups in total. The lowest BCUT2D eigenvalue weighted by molar-refractivity contribution is -0.594. The van der Waals surface area contributed by atoms with Crippen LogP contribution in [0.25, 0.3) is 6.08 Å². The SMILES string of the molecule is O=C([NH2+]C(COCc1ccccc1)C(=O)O)C(=Cc1ccc(Cl)c(Cl)c1)NC(=O)C1CCN(c2nccc(C(F)(F)F)n2)CC1. The molecule has 1 saturated heterocycles. The molecule has 2 heterocycles. The number of hydrogen-bond acceptors (Lipinski definition) is 7. The van der Waals surface area contributed by atoms with E-state index in [1.165, 1.54) is 18.2 Å². The molecule has 45 heavy (non-hydrogen) atoms. The van der Waals surface area contributed by atoms with Crippen LogP contribution in [0.3, 0.4) is 0 Å². The molecule has 1 aliphatic rings. The van der Waals surface area contributed by atoms with Gasteiger partial charge in [-0.05, 0) is 48.2 Å². The second-order valence-electron chi connectivity index (χ2n) is 10.2. The minimum atomic E-state index is -4.62. The molecule has 0 radical (unpaired) electrons. The van der Waals surface area contributed by atoms with Crippen LogP contribution in [0.1, 0.15) is 29.7 Å². The van der Waals surface area contributed by atoms with Gasteiger partial charge >= 0.3 is 18.1 Å². The van der Waals surface area contributed by atoms with E-state index in [4.69, 9.17) is 27.9 Å². The average molecular weight is 667 g/mol. The summed E-state index contributed by atoms with van der Waals surface area (Å²) >= 11 is 12.1. The van der Waals surface area contributed by atoms with E-state index in [0.717, 1.165) is 23.1 Å². The zero-order valence-electron chi connectivity index (χ0n) is 23.6. The molecule has 238 valence electrons. The summed E-state index contributed by atoms with van der Waals surface area (Å²) in [4.78, 5) is 47.7. The highest BCUT2D eigenvalue weighted by Gasteiger charge is 2.35. The van der Waals surface area contributed by atoms with Gasteiger partial charge < -0.3 is 20.1 Å². The highest BCUT2D eigenvalue weighted by atomic mass is 35.5. The van der Waals surface area contributed by atoms with Crippen molar-refractivity contribution < 1.29 is 42.7 Å². The van der Waals surface area contributed by atoms with Crippen molar-refractivity contribution in [3.63, 3.8) is 0 Å². The number of ether oxygens (including phenoxy) is 1. The number of hydrogen-bond donors (Lipinski definition) is 3. The third-order valence-corrected chi connectivity index (χ3v) is 7.68. The predicted octanol–water partition coefficient (Wildman–Crippen LogP) is 3.94. The molecule has 1 aromatic heterocycles. The Labute approximate surface area is 266 Å². The number of carboxylic acid groups (broad SMARTS) is 1. The van der Waals surface area contributed by atoms with Crippen molar-refractivity contribution in [3.8, 4) is 0 Å². The Morgan fingerprint density at radius 2 is 1.80 bits per heavy atom. The lowest BCUT2D eigenvalue weighted by Gasteiger charge is -2.31. The van der Waals surface area contributed by atoms with Crippen molar-refractivity contribution in [2.75, 3.05) is 24.6 Å². The van der Waals surface area contributed by atoms with E-state index in [0.29, 0.717) is 5.56 Å². The van der Waals surface area contributed by atoms with Gasteiger partial charge in [0, 0.05) is 25.2 Å². The molecule has 4 rings (SSSR count). The second kappa shape index (κ2) is 15.3. The van der Waals surface area contributed by atoms with Crippen LogP contribution in [0.15, 0.2) is 66.5 Å². The van der Waals surface area contributed by atoms with Crippen LogP contribution in [0.2, 0.25) is 10.0 Å². The Bertz CT molecular complexity index is 1550. The maximum atomic E-state index is 13.4. The van der Waals surface area contributed by atoms with Crippen molar-refractivity contribution in [1.29, 1.82) is 0 Å². The number of carbonyl (C=O) groups is 3. The van der Waals surface area contributed by atoms with E-state index in [1.54, 1.807) is 11.0 Å². The summed E-state index contributed by atoms with van der Waals surface area (Å²) in [6, 6.07) is 13.1. The van der Waals surface area contributed by atoms with Gasteiger partial charge in [-0.3, -0.25) is 10.1 Å². The van der Waals surface area contributed by atoms with Crippen LogP contribution >= 0.6 is 23.2 Å². The molecule has 0 bridgehead atoms. The number of alkyl halides is 3. The quantitative estimate of drug-likeness (QED) is 0.262. The smallest absolute Gasteiger partial charge is 0.433 e. The summed E-state index contributed by atoms with van der Waals surface area (Å²) in [6.45, 7) is 0.246. The number of anilines is 1. The van der Waals surface area contributed by atoms with Crippen LogP contribution in [0, 0.1) is 5.92 Å². The maximum absolute atomic E-state index is 13.4. The monoisotopic (exact) mass is 666 g/mol. The second-order valence-corrected chi connectivity index (χ2v) is 11.0. The number of benzene rings is 2. The topological polar surface area (TPSA) is 138 Å². The van der Waals surface area contributed by atoms with Crippen LogP contribution in [0.4, 0.5) is 19.1 Å². The molecule has 10 nitrogen and oxygen atoms in total. The standard InChI is InChI=1S/C30H28Cl2F3N5O5/c31-21-7-6-19(14-22(21)32)15-23(27(42)38-24(28(43)44)17-45-16-18-4-2-1-3-5-18)37-26(41)20-9-12-40(13-10-20)29-36-11-8-25(39-29)30(33,34)35/h1-8,11,14-15,20,24H,9-10,12-13,16-17H2,(H,37,41)(H,38,42)(H,43,44)/p+1. The first-order valence-corrected chi connectivity index (χ1v) is 14.5. The van der Waals surface area contributed by atoms with Gasteiger partial charge in [0.2, 0.25) is 17.9 Å². The minimum Gasteiger partial charge on any atom is -0.477 e. The molecule has 0 spiro atoms. The van der Waals surface area contributed by atoms with Gasteiger partial charge in [0.15, 0.2) is 0 Å². The molecule has 0 saturated carbocycles. The minimum absolute atomic E-state index is 0.0946. The molecular formula is C30H29Cl2F3N5O5+. The number of rotatable bonds is 11. The predicted molar refractivity (Wildman–Crippen MR) is 159 cm³/mol. The van der Waals surface area contributed by atoms with Gasteiger partial charge in [0.25, 0.3) is 0 Å². The number of aromatic nitrogens is 2. The number of nitrogens with two attached hydrogens (primary N) is 1. The van der Waals surface area contributed by atoms with Gasteiger partial charge in [-0.2, -0.15) is 13.2 Å². The number of amides is 2. The fourth-order valence-corrected chi connectivity index (χ4v) is 4.82. The third-order valence-electron chi connectivity index (χ3n) is 6.94. The lowest BCUT2D eigenvalue weighted by Crippen LogP contribution is -2.96. The molecule has 1 aliphatic heterocycles. The van der Waals surface area contributed by atoms with Crippen molar-refractivity contribution in [1.82, 2.24) is 15.3 Å². The summed E-state index contributed by atoms with van der Waals surface area (Å²) in [7, 11) is 0. The van der Waals surface area contributed by atoms with Crippen LogP contribution < -0.4 is 15.5 Å². The number of aliphatic carboxylic acids is 1. The molecule has 1 atom stereocenters. The molecule has 15 heteroatoms. The number of halogens is 5. The van der Waals surface area contributed by atoms with Gasteiger partial charge in [0.05, 0.1) is 16.7 Å². The van der Waals surface area contributed by atoms with E-state index in [9.17, 15) is 32.7 Å². The fourth-order valence-electron chi connectivity index (χ4n) is 4.51. The first-order chi connectivity index (χ1) is 21.4. The van der Waals surface area contributed by atoms with E-state index in [2.05, 4.69) is 15.3 Å². The van der Waals surface area contributed by atoms with E-state index < -0.39 is 41.6 Å². The Hall–Kier alpha value is -4.04. The van der Waals surface area contributed by atoms with E-state index in [1.807, 2.05) is 30.3 Å². The Morgan fingerprint density at radius 3 is 2.44 bits per heavy atom. The van der Waals surface area contributed by atoms with Crippen molar-refractivity contribution >= 4 is 53.0 Å². The number of quaternary nitrogens is 1.